The third-order valence-electron chi connectivity index (χ3n) is 3.75. The van der Waals surface area contributed by atoms with Gasteiger partial charge in [-0.3, -0.25) is 0 Å². The Kier molecular flexibility index (Phi) is 2.56. The maximum absolute atomic E-state index is 6.27. The van der Waals surface area contributed by atoms with Crippen LogP contribution in [0, 0.1) is 0 Å². The summed E-state index contributed by atoms with van der Waals surface area (Å²) < 4.78 is 0. The molecular formula is C13H17ClN2. The van der Waals surface area contributed by atoms with E-state index in [1.165, 1.54) is 30.8 Å². The molecule has 2 heterocycles. The van der Waals surface area contributed by atoms with Gasteiger partial charge in [0.1, 0.15) is 0 Å². The van der Waals surface area contributed by atoms with E-state index in [-0.39, 0.29) is 0 Å². The van der Waals surface area contributed by atoms with Crippen molar-refractivity contribution in [3.05, 3.63) is 28.8 Å². The molecule has 0 amide bonds. The average molecular weight is 237 g/mol. The first-order valence-corrected chi connectivity index (χ1v) is 6.36. The zero-order valence-corrected chi connectivity index (χ0v) is 10.4. The molecule has 1 fully saturated rings. The zero-order chi connectivity index (χ0) is 11.1. The van der Waals surface area contributed by atoms with Crippen LogP contribution in [0.5, 0.6) is 0 Å². The minimum atomic E-state index is 0.627. The van der Waals surface area contributed by atoms with E-state index in [2.05, 4.69) is 29.0 Å². The molecular weight excluding hydrogens is 220 g/mol. The fraction of sp³-hybridized carbons (Fsp3) is 0.538. The van der Waals surface area contributed by atoms with Crippen LogP contribution >= 0.6 is 11.6 Å². The third kappa shape index (κ3) is 1.61. The summed E-state index contributed by atoms with van der Waals surface area (Å²) in [6.07, 6.45) is 2.36. The smallest absolute Gasteiger partial charge is 0.0459 e. The topological polar surface area (TPSA) is 6.48 Å². The minimum absolute atomic E-state index is 0.627. The zero-order valence-electron chi connectivity index (χ0n) is 9.62. The van der Waals surface area contributed by atoms with E-state index in [1.54, 1.807) is 0 Å². The Hall–Kier alpha value is -0.730. The molecule has 1 unspecified atom stereocenters. The highest BCUT2D eigenvalue weighted by Gasteiger charge is 2.32. The molecule has 3 heteroatoms. The summed E-state index contributed by atoms with van der Waals surface area (Å²) in [6, 6.07) is 6.92. The molecule has 1 aromatic carbocycles. The van der Waals surface area contributed by atoms with Crippen molar-refractivity contribution in [2.45, 2.75) is 18.9 Å². The molecule has 2 aliphatic rings. The van der Waals surface area contributed by atoms with Crippen molar-refractivity contribution in [3.8, 4) is 0 Å². The van der Waals surface area contributed by atoms with Crippen LogP contribution in [-0.2, 0) is 6.42 Å². The van der Waals surface area contributed by atoms with Crippen LogP contribution in [0.4, 0.5) is 5.69 Å². The van der Waals surface area contributed by atoms with E-state index in [1.807, 2.05) is 6.07 Å². The molecule has 0 N–H and O–H groups in total. The van der Waals surface area contributed by atoms with Gasteiger partial charge in [0.05, 0.1) is 0 Å². The van der Waals surface area contributed by atoms with Gasteiger partial charge in [-0.25, -0.2) is 0 Å². The summed E-state index contributed by atoms with van der Waals surface area (Å²) in [5.74, 6) is 0. The molecule has 0 bridgehead atoms. The van der Waals surface area contributed by atoms with Crippen LogP contribution < -0.4 is 4.90 Å². The van der Waals surface area contributed by atoms with E-state index in [0.717, 1.165) is 18.0 Å². The van der Waals surface area contributed by atoms with Gasteiger partial charge in [-0.2, -0.15) is 0 Å². The molecule has 16 heavy (non-hydrogen) atoms. The lowest BCUT2D eigenvalue weighted by Crippen LogP contribution is -2.37. The highest BCUT2D eigenvalue weighted by atomic mass is 35.5. The van der Waals surface area contributed by atoms with Crippen molar-refractivity contribution in [1.82, 2.24) is 4.90 Å². The SMILES string of the molecule is CN1CCCN2c3cccc(Cl)c3CC2C1. The number of hydrogen-bond acceptors (Lipinski definition) is 2. The van der Waals surface area contributed by atoms with E-state index in [9.17, 15) is 0 Å². The van der Waals surface area contributed by atoms with Gasteiger partial charge in [-0.15, -0.1) is 0 Å². The predicted octanol–water partition coefficient (Wildman–Crippen LogP) is 2.41. The number of rotatable bonds is 0. The summed E-state index contributed by atoms with van der Waals surface area (Å²) in [4.78, 5) is 4.98. The number of benzene rings is 1. The molecule has 3 rings (SSSR count). The van der Waals surface area contributed by atoms with Gasteiger partial charge < -0.3 is 9.80 Å². The van der Waals surface area contributed by atoms with Crippen LogP contribution in [-0.4, -0.2) is 37.6 Å². The van der Waals surface area contributed by atoms with Gasteiger partial charge in [0.15, 0.2) is 0 Å². The van der Waals surface area contributed by atoms with Gasteiger partial charge in [-0.1, -0.05) is 17.7 Å². The molecule has 1 aromatic rings. The summed E-state index contributed by atoms with van der Waals surface area (Å²) >= 11 is 6.27. The first kappa shape index (κ1) is 10.4. The molecule has 0 radical (unpaired) electrons. The Morgan fingerprint density at radius 2 is 2.19 bits per heavy atom. The standard InChI is InChI=1S/C13H17ClN2/c1-15-6-3-7-16-10(9-15)8-11-12(14)4-2-5-13(11)16/h2,4-5,10H,3,6-9H2,1H3. The monoisotopic (exact) mass is 236 g/mol. The molecule has 0 spiro atoms. The fourth-order valence-corrected chi connectivity index (χ4v) is 3.24. The number of halogens is 1. The summed E-state index contributed by atoms with van der Waals surface area (Å²) in [7, 11) is 2.22. The fourth-order valence-electron chi connectivity index (χ4n) is 2.99. The normalized spacial score (nSPS) is 25.1. The van der Waals surface area contributed by atoms with Crippen LogP contribution in [0.3, 0.4) is 0 Å². The number of fused-ring (bicyclic) bond motifs is 3. The van der Waals surface area contributed by atoms with Gasteiger partial charge in [0, 0.05) is 29.8 Å². The lowest BCUT2D eigenvalue weighted by Gasteiger charge is -2.25. The summed E-state index contributed by atoms with van der Waals surface area (Å²) in [5.41, 5.74) is 2.72. The number of nitrogens with zero attached hydrogens (tertiary/aromatic N) is 2. The molecule has 2 nitrogen and oxygen atoms in total. The van der Waals surface area contributed by atoms with Gasteiger partial charge in [0.25, 0.3) is 0 Å². The van der Waals surface area contributed by atoms with Crippen molar-refractivity contribution in [2.75, 3.05) is 31.6 Å². The average Bonchev–Trinajstić information content (AvgIpc) is 2.49. The Labute approximate surface area is 102 Å². The second kappa shape index (κ2) is 3.94. The highest BCUT2D eigenvalue weighted by Crippen LogP contribution is 2.37. The van der Waals surface area contributed by atoms with Crippen LogP contribution in [0.2, 0.25) is 5.02 Å². The van der Waals surface area contributed by atoms with Crippen molar-refractivity contribution in [2.24, 2.45) is 0 Å². The second-order valence-corrected chi connectivity index (χ2v) is 5.31. The predicted molar refractivity (Wildman–Crippen MR) is 68.4 cm³/mol. The summed E-state index contributed by atoms with van der Waals surface area (Å²) in [5, 5.41) is 0.938. The van der Waals surface area contributed by atoms with Crippen LogP contribution in [0.1, 0.15) is 12.0 Å². The Morgan fingerprint density at radius 3 is 3.06 bits per heavy atom. The van der Waals surface area contributed by atoms with Crippen molar-refractivity contribution < 1.29 is 0 Å². The number of hydrogen-bond donors (Lipinski definition) is 0. The molecule has 1 atom stereocenters. The summed E-state index contributed by atoms with van der Waals surface area (Å²) in [6.45, 7) is 3.54. The molecule has 86 valence electrons. The highest BCUT2D eigenvalue weighted by molar-refractivity contribution is 6.31. The van der Waals surface area contributed by atoms with Crippen molar-refractivity contribution >= 4 is 17.3 Å². The molecule has 0 aromatic heterocycles. The number of anilines is 1. The van der Waals surface area contributed by atoms with Gasteiger partial charge in [0.2, 0.25) is 0 Å². The maximum Gasteiger partial charge on any atom is 0.0459 e. The largest absolute Gasteiger partial charge is 0.367 e. The molecule has 1 saturated heterocycles. The lowest BCUT2D eigenvalue weighted by atomic mass is 10.1. The van der Waals surface area contributed by atoms with Gasteiger partial charge in [-0.05, 0) is 44.1 Å². The third-order valence-corrected chi connectivity index (χ3v) is 4.10. The number of likely N-dealkylation sites (N-methyl/N-ethyl adjacent to an activating group) is 1. The van der Waals surface area contributed by atoms with Crippen molar-refractivity contribution in [1.29, 1.82) is 0 Å². The van der Waals surface area contributed by atoms with E-state index >= 15 is 0 Å². The first-order chi connectivity index (χ1) is 7.75. The van der Waals surface area contributed by atoms with Gasteiger partial charge >= 0.3 is 0 Å². The van der Waals surface area contributed by atoms with E-state index in [4.69, 9.17) is 11.6 Å². The minimum Gasteiger partial charge on any atom is -0.367 e. The van der Waals surface area contributed by atoms with Crippen LogP contribution in [0.25, 0.3) is 0 Å². The van der Waals surface area contributed by atoms with E-state index in [0.29, 0.717) is 6.04 Å². The Balaban J connectivity index is 1.97. The molecule has 0 saturated carbocycles. The van der Waals surface area contributed by atoms with Crippen molar-refractivity contribution in [3.63, 3.8) is 0 Å². The maximum atomic E-state index is 6.27. The van der Waals surface area contributed by atoms with E-state index < -0.39 is 0 Å². The molecule has 0 aliphatic carbocycles. The molecule has 2 aliphatic heterocycles. The first-order valence-electron chi connectivity index (χ1n) is 5.98. The second-order valence-electron chi connectivity index (χ2n) is 4.90. The van der Waals surface area contributed by atoms with Crippen LogP contribution in [0.15, 0.2) is 18.2 Å². The Bertz CT molecular complexity index is 405. The quantitative estimate of drug-likeness (QED) is 0.683. The Morgan fingerprint density at radius 1 is 1.31 bits per heavy atom. The lowest BCUT2D eigenvalue weighted by molar-refractivity contribution is 0.333.